The van der Waals surface area contributed by atoms with Gasteiger partial charge in [0.15, 0.2) is 0 Å². The number of nitrogens with one attached hydrogen (secondary N) is 1. The predicted molar refractivity (Wildman–Crippen MR) is 96.5 cm³/mol. The summed E-state index contributed by atoms with van der Waals surface area (Å²) in [5.74, 6) is 1.33. The summed E-state index contributed by atoms with van der Waals surface area (Å²) in [6, 6.07) is 8.27. The van der Waals surface area contributed by atoms with Crippen LogP contribution in [-0.4, -0.2) is 18.1 Å². The number of benzene rings is 1. The smallest absolute Gasteiger partial charge is 0.227 e. The minimum Gasteiger partial charge on any atom is -0.374 e. The number of fused-ring (bicyclic) bond motifs is 2. The Morgan fingerprint density at radius 3 is 2.42 bits per heavy atom. The van der Waals surface area contributed by atoms with Crippen molar-refractivity contribution < 1.29 is 9.53 Å². The second-order valence-corrected chi connectivity index (χ2v) is 7.74. The van der Waals surface area contributed by atoms with Gasteiger partial charge in [0.05, 0.1) is 12.7 Å². The number of rotatable bonds is 5. The first kappa shape index (κ1) is 17.4. The highest BCUT2D eigenvalue weighted by Crippen LogP contribution is 2.42. The molecule has 4 nitrogen and oxygen atoms in total. The highest BCUT2D eigenvalue weighted by Gasteiger charge is 2.40. The Labute approximate surface area is 145 Å². The van der Waals surface area contributed by atoms with Gasteiger partial charge in [-0.25, -0.2) is 0 Å². The molecule has 3 rings (SSSR count). The van der Waals surface area contributed by atoms with E-state index in [-0.39, 0.29) is 17.9 Å². The second-order valence-electron chi connectivity index (χ2n) is 7.74. The van der Waals surface area contributed by atoms with Crippen LogP contribution in [0.25, 0.3) is 0 Å². The predicted octanol–water partition coefficient (Wildman–Crippen LogP) is 3.70. The number of hydrogen-bond donors (Lipinski definition) is 2. The topological polar surface area (TPSA) is 64.3 Å². The van der Waals surface area contributed by atoms with Crippen molar-refractivity contribution in [1.29, 1.82) is 0 Å². The highest BCUT2D eigenvalue weighted by molar-refractivity contribution is 5.92. The normalized spacial score (nSPS) is 29.5. The van der Waals surface area contributed by atoms with E-state index in [0.29, 0.717) is 24.5 Å². The van der Waals surface area contributed by atoms with E-state index in [1.807, 2.05) is 38.1 Å². The summed E-state index contributed by atoms with van der Waals surface area (Å²) in [6.07, 6.45) is 5.77. The third kappa shape index (κ3) is 4.17. The van der Waals surface area contributed by atoms with E-state index >= 15 is 0 Å². The fourth-order valence-electron chi connectivity index (χ4n) is 4.19. The molecule has 4 heteroatoms. The maximum absolute atomic E-state index is 12.6. The summed E-state index contributed by atoms with van der Waals surface area (Å²) < 4.78 is 5.60. The molecule has 2 bridgehead atoms. The van der Waals surface area contributed by atoms with Crippen LogP contribution in [0.15, 0.2) is 24.3 Å². The van der Waals surface area contributed by atoms with Gasteiger partial charge in [0.25, 0.3) is 0 Å². The lowest BCUT2D eigenvalue weighted by molar-refractivity contribution is -0.122. The number of anilines is 1. The fourth-order valence-corrected chi connectivity index (χ4v) is 4.19. The molecule has 24 heavy (non-hydrogen) atoms. The third-order valence-electron chi connectivity index (χ3n) is 5.59. The van der Waals surface area contributed by atoms with Crippen LogP contribution in [-0.2, 0) is 16.1 Å². The van der Waals surface area contributed by atoms with Gasteiger partial charge in [0, 0.05) is 17.6 Å². The van der Waals surface area contributed by atoms with Crippen LogP contribution < -0.4 is 11.1 Å². The first-order chi connectivity index (χ1) is 11.5. The standard InChI is InChI=1S/C20H30N2O2/c1-13(2)24-12-14-6-8-18(9-7-14)22-20(23)17-10-15-4-3-5-16(11-17)19(15)21/h6-9,13,15-17,19H,3-5,10-12,21H2,1-2H3,(H,22,23). The van der Waals surface area contributed by atoms with Crippen molar-refractivity contribution in [3.63, 3.8) is 0 Å². The van der Waals surface area contributed by atoms with Gasteiger partial charge in [-0.05, 0) is 69.1 Å². The number of carbonyl (C=O) groups excluding carboxylic acids is 1. The zero-order valence-corrected chi connectivity index (χ0v) is 14.8. The molecule has 2 unspecified atom stereocenters. The van der Waals surface area contributed by atoms with Crippen molar-refractivity contribution >= 4 is 11.6 Å². The molecule has 132 valence electrons. The SMILES string of the molecule is CC(C)OCc1ccc(NC(=O)C2CC3CCCC(C2)C3N)cc1. The summed E-state index contributed by atoms with van der Waals surface area (Å²) in [4.78, 5) is 12.6. The van der Waals surface area contributed by atoms with E-state index in [1.165, 1.54) is 19.3 Å². The van der Waals surface area contributed by atoms with Crippen LogP contribution in [0.2, 0.25) is 0 Å². The summed E-state index contributed by atoms with van der Waals surface area (Å²) in [7, 11) is 0. The van der Waals surface area contributed by atoms with Crippen molar-refractivity contribution in [1.82, 2.24) is 0 Å². The third-order valence-corrected chi connectivity index (χ3v) is 5.59. The molecule has 2 fully saturated rings. The number of carbonyl (C=O) groups is 1. The molecular formula is C20H30N2O2. The van der Waals surface area contributed by atoms with E-state index in [2.05, 4.69) is 5.32 Å². The summed E-state index contributed by atoms with van der Waals surface area (Å²) >= 11 is 0. The Hall–Kier alpha value is -1.39. The summed E-state index contributed by atoms with van der Waals surface area (Å²) in [5, 5.41) is 3.09. The molecule has 2 atom stereocenters. The monoisotopic (exact) mass is 330 g/mol. The molecule has 0 radical (unpaired) electrons. The minimum atomic E-state index is 0.115. The Morgan fingerprint density at radius 2 is 1.83 bits per heavy atom. The molecule has 3 N–H and O–H groups in total. The van der Waals surface area contributed by atoms with Gasteiger partial charge in [-0.15, -0.1) is 0 Å². The lowest BCUT2D eigenvalue weighted by Crippen LogP contribution is -2.48. The average molecular weight is 330 g/mol. The van der Waals surface area contributed by atoms with E-state index in [0.717, 1.165) is 24.1 Å². The van der Waals surface area contributed by atoms with E-state index in [4.69, 9.17) is 10.5 Å². The van der Waals surface area contributed by atoms with Gasteiger partial charge in [0.2, 0.25) is 5.91 Å². The van der Waals surface area contributed by atoms with E-state index in [9.17, 15) is 4.79 Å². The van der Waals surface area contributed by atoms with Crippen molar-refractivity contribution in [2.24, 2.45) is 23.5 Å². The lowest BCUT2D eigenvalue weighted by atomic mass is 9.65. The number of ether oxygens (including phenoxy) is 1. The van der Waals surface area contributed by atoms with Gasteiger partial charge in [0.1, 0.15) is 0 Å². The maximum Gasteiger partial charge on any atom is 0.227 e. The molecule has 0 spiro atoms. The molecule has 2 aliphatic carbocycles. The fraction of sp³-hybridized carbons (Fsp3) is 0.650. The Kier molecular flexibility index (Phi) is 5.57. The van der Waals surface area contributed by atoms with E-state index < -0.39 is 0 Å². The molecule has 0 saturated heterocycles. The lowest BCUT2D eigenvalue weighted by Gasteiger charge is -2.43. The molecular weight excluding hydrogens is 300 g/mol. The Balaban J connectivity index is 1.55. The first-order valence-electron chi connectivity index (χ1n) is 9.30. The van der Waals surface area contributed by atoms with Crippen LogP contribution in [0.5, 0.6) is 0 Å². The van der Waals surface area contributed by atoms with Crippen LogP contribution >= 0.6 is 0 Å². The van der Waals surface area contributed by atoms with E-state index in [1.54, 1.807) is 0 Å². The van der Waals surface area contributed by atoms with Crippen LogP contribution in [0.1, 0.15) is 51.5 Å². The van der Waals surface area contributed by atoms with Crippen LogP contribution in [0, 0.1) is 17.8 Å². The molecule has 0 aliphatic heterocycles. The number of amides is 1. The molecule has 2 saturated carbocycles. The second kappa shape index (κ2) is 7.66. The first-order valence-corrected chi connectivity index (χ1v) is 9.30. The molecule has 2 aliphatic rings. The van der Waals surface area contributed by atoms with Crippen molar-refractivity contribution in [3.8, 4) is 0 Å². The van der Waals surface area contributed by atoms with Crippen molar-refractivity contribution in [2.75, 3.05) is 5.32 Å². The Morgan fingerprint density at radius 1 is 1.21 bits per heavy atom. The Bertz CT molecular complexity index is 541. The van der Waals surface area contributed by atoms with Crippen LogP contribution in [0.4, 0.5) is 5.69 Å². The quantitative estimate of drug-likeness (QED) is 0.865. The maximum atomic E-state index is 12.6. The molecule has 1 aromatic rings. The van der Waals surface area contributed by atoms with Crippen LogP contribution in [0.3, 0.4) is 0 Å². The zero-order chi connectivity index (χ0) is 17.1. The summed E-state index contributed by atoms with van der Waals surface area (Å²) in [6.45, 7) is 4.66. The molecule has 1 amide bonds. The molecule has 0 heterocycles. The average Bonchev–Trinajstić information content (AvgIpc) is 2.53. The van der Waals surface area contributed by atoms with Gasteiger partial charge in [-0.2, -0.15) is 0 Å². The van der Waals surface area contributed by atoms with Crippen molar-refractivity contribution in [2.45, 2.75) is 64.7 Å². The van der Waals surface area contributed by atoms with Gasteiger partial charge >= 0.3 is 0 Å². The largest absolute Gasteiger partial charge is 0.374 e. The molecule has 1 aromatic carbocycles. The van der Waals surface area contributed by atoms with Crippen molar-refractivity contribution in [3.05, 3.63) is 29.8 Å². The minimum absolute atomic E-state index is 0.115. The number of hydrogen-bond acceptors (Lipinski definition) is 3. The van der Waals surface area contributed by atoms with Gasteiger partial charge in [-0.1, -0.05) is 18.6 Å². The molecule has 0 aromatic heterocycles. The highest BCUT2D eigenvalue weighted by atomic mass is 16.5. The van der Waals surface area contributed by atoms with Gasteiger partial charge in [-0.3, -0.25) is 4.79 Å². The summed E-state index contributed by atoms with van der Waals surface area (Å²) in [5.41, 5.74) is 8.32. The van der Waals surface area contributed by atoms with Gasteiger partial charge < -0.3 is 15.8 Å². The number of nitrogens with two attached hydrogens (primary N) is 1. The zero-order valence-electron chi connectivity index (χ0n) is 14.8.